The fourth-order valence-electron chi connectivity index (χ4n) is 1.15. The van der Waals surface area contributed by atoms with Crippen LogP contribution in [0.25, 0.3) is 0 Å². The molecule has 0 saturated heterocycles. The molecule has 3 heteroatoms. The van der Waals surface area contributed by atoms with E-state index in [0.29, 0.717) is 13.0 Å². The molecule has 1 aromatic carbocycles. The molecule has 0 aliphatic rings. The fourth-order valence-corrected chi connectivity index (χ4v) is 1.15. The molecule has 0 aliphatic heterocycles. The average molecular weight is 179 g/mol. The van der Waals surface area contributed by atoms with E-state index in [1.165, 1.54) is 0 Å². The predicted molar refractivity (Wildman–Crippen MR) is 51.7 cm³/mol. The van der Waals surface area contributed by atoms with Crippen LogP contribution in [0.15, 0.2) is 24.3 Å². The Kier molecular flexibility index (Phi) is 3.99. The number of methoxy groups -OCH3 is 1. The quantitative estimate of drug-likeness (QED) is 0.694. The number of benzene rings is 1. The molecule has 0 fully saturated rings. The highest BCUT2D eigenvalue weighted by Crippen LogP contribution is 2.14. The zero-order chi connectivity index (χ0) is 9.52. The van der Waals surface area contributed by atoms with E-state index < -0.39 is 0 Å². The summed E-state index contributed by atoms with van der Waals surface area (Å²) >= 11 is 0. The lowest BCUT2D eigenvalue weighted by Crippen LogP contribution is -2.01. The lowest BCUT2D eigenvalue weighted by molar-refractivity contribution is -0.105. The van der Waals surface area contributed by atoms with Crippen molar-refractivity contribution in [1.29, 1.82) is 0 Å². The second-order valence-electron chi connectivity index (χ2n) is 2.66. The Morgan fingerprint density at radius 2 is 2.23 bits per heavy atom. The first-order valence-corrected chi connectivity index (χ1v) is 4.15. The van der Waals surface area contributed by atoms with Crippen molar-refractivity contribution in [1.82, 2.24) is 0 Å². The van der Waals surface area contributed by atoms with Crippen LogP contribution in [-0.4, -0.2) is 20.1 Å². The molecule has 1 amide bonds. The minimum absolute atomic E-state index is 0.664. The normalized spacial score (nSPS) is 9.62. The molecule has 1 rings (SSSR count). The summed E-state index contributed by atoms with van der Waals surface area (Å²) in [5.41, 5.74) is 1.95. The zero-order valence-electron chi connectivity index (χ0n) is 7.62. The number of carbonyl (C=O) groups excluding carboxylic acids is 1. The highest BCUT2D eigenvalue weighted by atomic mass is 16.5. The largest absolute Gasteiger partial charge is 0.384 e. The average Bonchev–Trinajstić information content (AvgIpc) is 2.17. The standard InChI is InChI=1S/C10H13NO2/c1-13-7-6-9-4-2-3-5-10(9)11-8-12/h2-5,8H,6-7H2,1H3,(H,11,12). The van der Waals surface area contributed by atoms with Crippen molar-refractivity contribution in [2.45, 2.75) is 6.42 Å². The molecule has 1 N–H and O–H groups in total. The molecular weight excluding hydrogens is 166 g/mol. The first-order chi connectivity index (χ1) is 6.38. The Morgan fingerprint density at radius 1 is 1.46 bits per heavy atom. The van der Waals surface area contributed by atoms with Gasteiger partial charge in [0.2, 0.25) is 6.41 Å². The maximum atomic E-state index is 10.3. The molecule has 0 aromatic heterocycles. The van der Waals surface area contributed by atoms with Gasteiger partial charge >= 0.3 is 0 Å². The van der Waals surface area contributed by atoms with Crippen molar-refractivity contribution in [2.75, 3.05) is 19.0 Å². The molecule has 0 atom stereocenters. The topological polar surface area (TPSA) is 38.3 Å². The van der Waals surface area contributed by atoms with Gasteiger partial charge in [-0.25, -0.2) is 0 Å². The van der Waals surface area contributed by atoms with Crippen LogP contribution in [0.4, 0.5) is 5.69 Å². The molecule has 0 unspecified atom stereocenters. The van der Waals surface area contributed by atoms with E-state index in [9.17, 15) is 4.79 Å². The summed E-state index contributed by atoms with van der Waals surface area (Å²) in [7, 11) is 1.66. The van der Waals surface area contributed by atoms with Gasteiger partial charge in [0.1, 0.15) is 0 Å². The molecule has 70 valence electrons. The summed E-state index contributed by atoms with van der Waals surface area (Å²) in [6.45, 7) is 0.664. The monoisotopic (exact) mass is 179 g/mol. The van der Waals surface area contributed by atoms with E-state index in [4.69, 9.17) is 4.74 Å². The second-order valence-corrected chi connectivity index (χ2v) is 2.66. The minimum atomic E-state index is 0.664. The number of amides is 1. The molecule has 0 radical (unpaired) electrons. The van der Waals surface area contributed by atoms with Gasteiger partial charge in [-0.05, 0) is 18.1 Å². The smallest absolute Gasteiger partial charge is 0.211 e. The highest BCUT2D eigenvalue weighted by molar-refractivity contribution is 5.73. The highest BCUT2D eigenvalue weighted by Gasteiger charge is 1.99. The van der Waals surface area contributed by atoms with Gasteiger partial charge in [0.05, 0.1) is 6.61 Å². The van der Waals surface area contributed by atoms with E-state index in [1.807, 2.05) is 24.3 Å². The first-order valence-electron chi connectivity index (χ1n) is 4.15. The third-order valence-corrected chi connectivity index (χ3v) is 1.81. The van der Waals surface area contributed by atoms with Crippen LogP contribution in [0, 0.1) is 0 Å². The lowest BCUT2D eigenvalue weighted by atomic mass is 10.1. The van der Waals surface area contributed by atoms with Gasteiger partial charge in [-0.3, -0.25) is 4.79 Å². The number of anilines is 1. The molecule has 0 saturated carbocycles. The summed E-state index contributed by atoms with van der Waals surface area (Å²) in [5, 5.41) is 2.65. The molecule has 0 spiro atoms. The van der Waals surface area contributed by atoms with Crippen LogP contribution in [0.2, 0.25) is 0 Å². The minimum Gasteiger partial charge on any atom is -0.384 e. The van der Waals surface area contributed by atoms with Crippen LogP contribution >= 0.6 is 0 Å². The maximum Gasteiger partial charge on any atom is 0.211 e. The molecule has 3 nitrogen and oxygen atoms in total. The van der Waals surface area contributed by atoms with E-state index in [0.717, 1.165) is 17.7 Å². The molecule has 0 heterocycles. The SMILES string of the molecule is COCCc1ccccc1NC=O. The molecule has 1 aromatic rings. The molecule has 0 aliphatic carbocycles. The van der Waals surface area contributed by atoms with E-state index >= 15 is 0 Å². The van der Waals surface area contributed by atoms with Gasteiger partial charge in [-0.15, -0.1) is 0 Å². The zero-order valence-corrected chi connectivity index (χ0v) is 7.62. The van der Waals surface area contributed by atoms with E-state index in [-0.39, 0.29) is 0 Å². The molecule has 0 bridgehead atoms. The van der Waals surface area contributed by atoms with E-state index in [1.54, 1.807) is 7.11 Å². The van der Waals surface area contributed by atoms with Gasteiger partial charge in [0, 0.05) is 12.8 Å². The second kappa shape index (κ2) is 5.32. The van der Waals surface area contributed by atoms with Crippen LogP contribution in [0.5, 0.6) is 0 Å². The Morgan fingerprint density at radius 3 is 2.92 bits per heavy atom. The van der Waals surface area contributed by atoms with Crippen LogP contribution < -0.4 is 5.32 Å². The third kappa shape index (κ3) is 2.87. The Hall–Kier alpha value is -1.35. The number of hydrogen-bond donors (Lipinski definition) is 1. The Balaban J connectivity index is 2.71. The third-order valence-electron chi connectivity index (χ3n) is 1.81. The summed E-state index contributed by atoms with van der Waals surface area (Å²) < 4.78 is 4.96. The number of carbonyl (C=O) groups is 1. The number of rotatable bonds is 5. The summed E-state index contributed by atoms with van der Waals surface area (Å²) in [4.78, 5) is 10.3. The van der Waals surface area contributed by atoms with Crippen molar-refractivity contribution in [3.63, 3.8) is 0 Å². The van der Waals surface area contributed by atoms with Crippen LogP contribution in [0.3, 0.4) is 0 Å². The summed E-state index contributed by atoms with van der Waals surface area (Å²) in [5.74, 6) is 0. The van der Waals surface area contributed by atoms with Crippen LogP contribution in [-0.2, 0) is 16.0 Å². The van der Waals surface area contributed by atoms with Crippen LogP contribution in [0.1, 0.15) is 5.56 Å². The number of hydrogen-bond acceptors (Lipinski definition) is 2. The van der Waals surface area contributed by atoms with Crippen molar-refractivity contribution in [3.8, 4) is 0 Å². The first kappa shape index (κ1) is 9.74. The molecular formula is C10H13NO2. The maximum absolute atomic E-state index is 10.3. The van der Waals surface area contributed by atoms with Crippen molar-refractivity contribution < 1.29 is 9.53 Å². The predicted octanol–water partition coefficient (Wildman–Crippen LogP) is 1.44. The number of para-hydroxylation sites is 1. The number of nitrogens with one attached hydrogen (secondary N) is 1. The lowest BCUT2D eigenvalue weighted by Gasteiger charge is -2.06. The Bertz CT molecular complexity index is 273. The molecule has 13 heavy (non-hydrogen) atoms. The van der Waals surface area contributed by atoms with Gasteiger partial charge in [0.15, 0.2) is 0 Å². The fraction of sp³-hybridized carbons (Fsp3) is 0.300. The van der Waals surface area contributed by atoms with Crippen molar-refractivity contribution in [2.24, 2.45) is 0 Å². The van der Waals surface area contributed by atoms with Crippen molar-refractivity contribution >= 4 is 12.1 Å². The van der Waals surface area contributed by atoms with Gasteiger partial charge < -0.3 is 10.1 Å². The number of ether oxygens (including phenoxy) is 1. The van der Waals surface area contributed by atoms with Gasteiger partial charge in [0.25, 0.3) is 0 Å². The van der Waals surface area contributed by atoms with Gasteiger partial charge in [-0.2, -0.15) is 0 Å². The van der Waals surface area contributed by atoms with Gasteiger partial charge in [-0.1, -0.05) is 18.2 Å². The summed E-state index contributed by atoms with van der Waals surface area (Å²) in [6.07, 6.45) is 1.50. The van der Waals surface area contributed by atoms with Crippen molar-refractivity contribution in [3.05, 3.63) is 29.8 Å². The summed E-state index contributed by atoms with van der Waals surface area (Å²) in [6, 6.07) is 7.69. The van der Waals surface area contributed by atoms with E-state index in [2.05, 4.69) is 5.32 Å². The Labute approximate surface area is 77.7 Å².